The maximum atomic E-state index is 12.1. The Hall–Kier alpha value is -2.47. The van der Waals surface area contributed by atoms with Crippen molar-refractivity contribution in [1.29, 1.82) is 0 Å². The summed E-state index contributed by atoms with van der Waals surface area (Å²) in [6.07, 6.45) is 6.15. The van der Waals surface area contributed by atoms with Crippen molar-refractivity contribution in [1.82, 2.24) is 15.3 Å². The van der Waals surface area contributed by atoms with Crippen LogP contribution in [-0.2, 0) is 4.79 Å². The van der Waals surface area contributed by atoms with Gasteiger partial charge in [0, 0.05) is 10.9 Å². The lowest BCUT2D eigenvalue weighted by Crippen LogP contribution is -2.36. The predicted octanol–water partition coefficient (Wildman–Crippen LogP) is 3.83. The molecule has 1 amide bonds. The van der Waals surface area contributed by atoms with Crippen LogP contribution in [-0.4, -0.2) is 28.5 Å². The van der Waals surface area contributed by atoms with Gasteiger partial charge in [-0.3, -0.25) is 4.79 Å². The normalized spacial score (nSPS) is 14.7. The van der Waals surface area contributed by atoms with Gasteiger partial charge < -0.3 is 10.6 Å². The first-order valence-corrected chi connectivity index (χ1v) is 9.44. The van der Waals surface area contributed by atoms with Crippen LogP contribution < -0.4 is 10.6 Å². The van der Waals surface area contributed by atoms with E-state index in [0.29, 0.717) is 11.9 Å². The lowest BCUT2D eigenvalue weighted by molar-refractivity contribution is -0.120. The van der Waals surface area contributed by atoms with E-state index in [4.69, 9.17) is 0 Å². The molecule has 1 fully saturated rings. The fourth-order valence-corrected chi connectivity index (χ4v) is 4.26. The molecule has 2 heterocycles. The van der Waals surface area contributed by atoms with Crippen molar-refractivity contribution >= 4 is 33.3 Å². The third-order valence-electron chi connectivity index (χ3n) is 4.52. The van der Waals surface area contributed by atoms with Crippen LogP contribution in [0.15, 0.2) is 42.7 Å². The van der Waals surface area contributed by atoms with Gasteiger partial charge in [0.25, 0.3) is 0 Å². The number of rotatable bonds is 5. The highest BCUT2D eigenvalue weighted by Gasteiger charge is 2.17. The van der Waals surface area contributed by atoms with Gasteiger partial charge in [0.2, 0.25) is 5.91 Å². The number of hydrogen-bond donors (Lipinski definition) is 2. The lowest BCUT2D eigenvalue weighted by atomic mass is 10.2. The molecule has 1 saturated carbocycles. The molecule has 3 aromatic rings. The largest absolute Gasteiger partial charge is 0.360 e. The number of amides is 1. The maximum Gasteiger partial charge on any atom is 0.239 e. The van der Waals surface area contributed by atoms with E-state index in [-0.39, 0.29) is 12.5 Å². The molecule has 0 radical (unpaired) electrons. The van der Waals surface area contributed by atoms with E-state index in [1.54, 1.807) is 17.7 Å². The number of carbonyl (C=O) groups is 1. The van der Waals surface area contributed by atoms with E-state index in [2.05, 4.69) is 38.8 Å². The van der Waals surface area contributed by atoms with Crippen molar-refractivity contribution in [3.8, 4) is 10.4 Å². The highest BCUT2D eigenvalue weighted by atomic mass is 32.1. The summed E-state index contributed by atoms with van der Waals surface area (Å²) in [5.41, 5.74) is 1.16. The predicted molar refractivity (Wildman–Crippen MR) is 102 cm³/mol. The summed E-state index contributed by atoms with van der Waals surface area (Å²) in [5, 5.41) is 7.21. The Bertz CT molecular complexity index is 872. The summed E-state index contributed by atoms with van der Waals surface area (Å²) < 4.78 is 0. The highest BCUT2D eigenvalue weighted by molar-refractivity contribution is 7.21. The zero-order valence-electron chi connectivity index (χ0n) is 13.9. The van der Waals surface area contributed by atoms with E-state index >= 15 is 0 Å². The van der Waals surface area contributed by atoms with E-state index in [9.17, 15) is 4.79 Å². The number of fused-ring (bicyclic) bond motifs is 1. The summed E-state index contributed by atoms with van der Waals surface area (Å²) in [5.74, 6) is 0.738. The molecule has 0 bridgehead atoms. The number of nitrogens with zero attached hydrogens (tertiary/aromatic N) is 2. The number of thiophene rings is 1. The average Bonchev–Trinajstić information content (AvgIpc) is 3.30. The maximum absolute atomic E-state index is 12.1. The second-order valence-corrected chi connectivity index (χ2v) is 7.35. The fraction of sp³-hybridized carbons (Fsp3) is 0.316. The first-order chi connectivity index (χ1) is 12.3. The minimum Gasteiger partial charge on any atom is -0.360 e. The summed E-state index contributed by atoms with van der Waals surface area (Å²) in [7, 11) is 0. The summed E-state index contributed by atoms with van der Waals surface area (Å²) in [6, 6.07) is 12.7. The van der Waals surface area contributed by atoms with Crippen LogP contribution in [0.4, 0.5) is 5.82 Å². The molecule has 1 aromatic carbocycles. The van der Waals surface area contributed by atoms with Crippen LogP contribution in [0.1, 0.15) is 25.7 Å². The Labute approximate surface area is 150 Å². The van der Waals surface area contributed by atoms with Crippen LogP contribution in [0.2, 0.25) is 0 Å². The third-order valence-corrected chi connectivity index (χ3v) is 5.62. The molecule has 0 aliphatic heterocycles. The van der Waals surface area contributed by atoms with Crippen molar-refractivity contribution in [3.63, 3.8) is 0 Å². The van der Waals surface area contributed by atoms with Crippen LogP contribution in [0, 0.1) is 0 Å². The topological polar surface area (TPSA) is 66.9 Å². The van der Waals surface area contributed by atoms with Crippen molar-refractivity contribution in [3.05, 3.63) is 42.7 Å². The van der Waals surface area contributed by atoms with Crippen molar-refractivity contribution in [2.75, 3.05) is 11.9 Å². The van der Waals surface area contributed by atoms with Gasteiger partial charge in [-0.05, 0) is 24.5 Å². The molecule has 0 spiro atoms. The quantitative estimate of drug-likeness (QED) is 0.732. The first kappa shape index (κ1) is 16.0. The second-order valence-electron chi connectivity index (χ2n) is 6.32. The number of benzene rings is 1. The Morgan fingerprint density at radius 3 is 2.76 bits per heavy atom. The molecular formula is C19H20N4OS. The van der Waals surface area contributed by atoms with Gasteiger partial charge in [0.05, 0.1) is 11.9 Å². The smallest absolute Gasteiger partial charge is 0.239 e. The molecule has 25 heavy (non-hydrogen) atoms. The standard InChI is InChI=1S/C19H20N4OS/c24-17(23-14-8-4-5-9-14)11-20-18-15-10-16(13-6-2-1-3-7-13)25-19(15)22-12-21-18/h1-3,6-7,10,12,14H,4-5,8-9,11H2,(H,23,24)(H,20,21,22). The van der Waals surface area contributed by atoms with Crippen LogP contribution >= 0.6 is 11.3 Å². The molecule has 2 N–H and O–H groups in total. The van der Waals surface area contributed by atoms with Crippen molar-refractivity contribution in [2.45, 2.75) is 31.7 Å². The Morgan fingerprint density at radius 2 is 1.96 bits per heavy atom. The van der Waals surface area contributed by atoms with E-state index in [0.717, 1.165) is 33.5 Å². The summed E-state index contributed by atoms with van der Waals surface area (Å²) in [6.45, 7) is 0.235. The van der Waals surface area contributed by atoms with Crippen LogP contribution in [0.25, 0.3) is 20.7 Å². The number of hydrogen-bond acceptors (Lipinski definition) is 5. The molecule has 0 atom stereocenters. The number of anilines is 1. The van der Waals surface area contributed by atoms with Gasteiger partial charge in [-0.2, -0.15) is 0 Å². The zero-order valence-corrected chi connectivity index (χ0v) is 14.7. The molecule has 4 rings (SSSR count). The zero-order chi connectivity index (χ0) is 17.1. The van der Waals surface area contributed by atoms with Crippen LogP contribution in [0.5, 0.6) is 0 Å². The monoisotopic (exact) mass is 352 g/mol. The summed E-state index contributed by atoms with van der Waals surface area (Å²) in [4.78, 5) is 22.9. The van der Waals surface area contributed by atoms with Crippen LogP contribution in [0.3, 0.4) is 0 Å². The van der Waals surface area contributed by atoms with Gasteiger partial charge >= 0.3 is 0 Å². The van der Waals surface area contributed by atoms with Crippen molar-refractivity contribution in [2.24, 2.45) is 0 Å². The number of nitrogens with one attached hydrogen (secondary N) is 2. The van der Waals surface area contributed by atoms with Gasteiger partial charge in [-0.1, -0.05) is 43.2 Å². The Balaban J connectivity index is 1.49. The molecule has 6 heteroatoms. The molecule has 0 saturated heterocycles. The van der Waals surface area contributed by atoms with Gasteiger partial charge in [0.15, 0.2) is 0 Å². The van der Waals surface area contributed by atoms with Gasteiger partial charge in [-0.25, -0.2) is 9.97 Å². The molecule has 0 unspecified atom stereocenters. The van der Waals surface area contributed by atoms with Crippen molar-refractivity contribution < 1.29 is 4.79 Å². The minimum atomic E-state index is 0.0252. The van der Waals surface area contributed by atoms with Gasteiger partial charge in [0.1, 0.15) is 17.0 Å². The minimum absolute atomic E-state index is 0.0252. The van der Waals surface area contributed by atoms with E-state index < -0.39 is 0 Å². The SMILES string of the molecule is O=C(CNc1ncnc2sc(-c3ccccc3)cc12)NC1CCCC1. The van der Waals surface area contributed by atoms with E-state index in [1.165, 1.54) is 12.8 Å². The molecule has 5 nitrogen and oxygen atoms in total. The first-order valence-electron chi connectivity index (χ1n) is 8.63. The fourth-order valence-electron chi connectivity index (χ4n) is 3.25. The number of aromatic nitrogens is 2. The number of carbonyl (C=O) groups excluding carboxylic acids is 1. The summed E-state index contributed by atoms with van der Waals surface area (Å²) >= 11 is 1.63. The second kappa shape index (κ2) is 7.19. The highest BCUT2D eigenvalue weighted by Crippen LogP contribution is 2.34. The molecule has 2 aromatic heterocycles. The Morgan fingerprint density at radius 1 is 1.16 bits per heavy atom. The average molecular weight is 352 g/mol. The van der Waals surface area contributed by atoms with E-state index in [1.807, 2.05) is 18.2 Å². The molecule has 1 aliphatic rings. The lowest BCUT2D eigenvalue weighted by Gasteiger charge is -2.12. The third kappa shape index (κ3) is 3.64. The molecular weight excluding hydrogens is 332 g/mol. The molecule has 128 valence electrons. The van der Waals surface area contributed by atoms with Gasteiger partial charge in [-0.15, -0.1) is 11.3 Å². The Kier molecular flexibility index (Phi) is 4.61. The molecule has 1 aliphatic carbocycles.